The fraction of sp³-hybridized carbons (Fsp3) is 0.297. The van der Waals surface area contributed by atoms with Gasteiger partial charge in [0.1, 0.15) is 11.6 Å². The fourth-order valence-corrected chi connectivity index (χ4v) is 8.00. The van der Waals surface area contributed by atoms with Gasteiger partial charge in [0.15, 0.2) is 0 Å². The lowest BCUT2D eigenvalue weighted by Gasteiger charge is -2.23. The average molecular weight is 683 g/mol. The second-order valence-electron chi connectivity index (χ2n) is 13.3. The highest BCUT2D eigenvalue weighted by molar-refractivity contribution is 7.85. The van der Waals surface area contributed by atoms with Crippen LogP contribution >= 0.6 is 0 Å². The second kappa shape index (κ2) is 13.1. The molecule has 2 N–H and O–H groups in total. The molecule has 252 valence electrons. The number of aromatic nitrogens is 6. The Hall–Kier alpha value is -4.97. The number of benzene rings is 3. The smallest absolute Gasteiger partial charge is 0.303 e. The van der Waals surface area contributed by atoms with Crippen LogP contribution in [0.2, 0.25) is 0 Å². The van der Waals surface area contributed by atoms with Gasteiger partial charge in [0.2, 0.25) is 0 Å². The van der Waals surface area contributed by atoms with Crippen LogP contribution in [0.15, 0.2) is 89.0 Å². The van der Waals surface area contributed by atoms with Crippen LogP contribution in [0.25, 0.3) is 22.2 Å². The molecule has 49 heavy (non-hydrogen) atoms. The first-order chi connectivity index (χ1) is 23.6. The van der Waals surface area contributed by atoms with Gasteiger partial charge in [-0.2, -0.15) is 5.10 Å². The molecule has 0 radical (unpaired) electrons. The van der Waals surface area contributed by atoms with Gasteiger partial charge in [-0.3, -0.25) is 9.48 Å². The molecule has 12 heteroatoms. The molecule has 9 nitrogen and oxygen atoms in total. The third-order valence-electron chi connectivity index (χ3n) is 9.45. The van der Waals surface area contributed by atoms with Gasteiger partial charge in [-0.05, 0) is 66.8 Å². The number of nitrogens with zero attached hydrogens (tertiary/aromatic N) is 5. The van der Waals surface area contributed by atoms with Crippen molar-refractivity contribution in [1.29, 1.82) is 0 Å². The minimum atomic E-state index is -2.01. The molecule has 6 bridgehead atoms. The number of rotatable bonds is 4. The number of aromatic amines is 1. The second-order valence-corrected chi connectivity index (χ2v) is 14.7. The first kappa shape index (κ1) is 32.6. The number of halogens is 2. The lowest BCUT2D eigenvalue weighted by Crippen LogP contribution is -2.18. The summed E-state index contributed by atoms with van der Waals surface area (Å²) in [5.41, 5.74) is 3.98. The van der Waals surface area contributed by atoms with Crippen LogP contribution in [0, 0.1) is 11.6 Å². The van der Waals surface area contributed by atoms with Crippen LogP contribution in [-0.4, -0.2) is 45.0 Å². The molecule has 2 unspecified atom stereocenters. The zero-order chi connectivity index (χ0) is 34.3. The summed E-state index contributed by atoms with van der Waals surface area (Å²) in [5.74, 6) is -2.03. The highest BCUT2D eigenvalue weighted by Gasteiger charge is 2.27. The van der Waals surface area contributed by atoms with Gasteiger partial charge in [-0.15, -0.1) is 5.10 Å². The first-order valence-corrected chi connectivity index (χ1v) is 17.5. The molecule has 7 rings (SSSR count). The number of carboxylic acid groups (broad SMARTS) is 1. The molecule has 3 aromatic heterocycles. The van der Waals surface area contributed by atoms with Gasteiger partial charge in [0, 0.05) is 57.4 Å². The Morgan fingerprint density at radius 2 is 1.94 bits per heavy atom. The van der Waals surface area contributed by atoms with Gasteiger partial charge >= 0.3 is 5.97 Å². The van der Waals surface area contributed by atoms with E-state index in [-0.39, 0.29) is 39.8 Å². The molecular weight excluding hydrogens is 647 g/mol. The van der Waals surface area contributed by atoms with Crippen LogP contribution < -0.4 is 0 Å². The summed E-state index contributed by atoms with van der Waals surface area (Å²) in [5, 5.41) is 23.7. The Labute approximate surface area is 284 Å². The summed E-state index contributed by atoms with van der Waals surface area (Å²) in [7, 11) is -2.01. The molecule has 1 aliphatic heterocycles. The molecule has 0 spiro atoms. The molecule has 3 aromatic carbocycles. The largest absolute Gasteiger partial charge is 0.481 e. The van der Waals surface area contributed by atoms with Crippen LogP contribution in [0.5, 0.6) is 0 Å². The summed E-state index contributed by atoms with van der Waals surface area (Å²) in [6, 6.07) is 16.7. The minimum absolute atomic E-state index is 0.00672. The number of carbonyl (C=O) groups is 1. The van der Waals surface area contributed by atoms with Crippen molar-refractivity contribution in [1.82, 2.24) is 29.8 Å². The molecule has 2 atom stereocenters. The van der Waals surface area contributed by atoms with Crippen molar-refractivity contribution in [3.05, 3.63) is 113 Å². The van der Waals surface area contributed by atoms with Gasteiger partial charge in [0.05, 0.1) is 39.7 Å². The minimum Gasteiger partial charge on any atom is -0.481 e. The maximum absolute atomic E-state index is 15.9. The van der Waals surface area contributed by atoms with Crippen molar-refractivity contribution >= 4 is 27.7 Å². The third-order valence-corrected chi connectivity index (χ3v) is 10.9. The summed E-state index contributed by atoms with van der Waals surface area (Å²) in [6.45, 7) is 4.39. The molecule has 0 aliphatic carbocycles. The molecule has 6 aromatic rings. The zero-order valence-corrected chi connectivity index (χ0v) is 28.0. The Morgan fingerprint density at radius 1 is 1.08 bits per heavy atom. The van der Waals surface area contributed by atoms with E-state index < -0.39 is 28.4 Å². The van der Waals surface area contributed by atoms with E-state index in [2.05, 4.69) is 29.1 Å². The van der Waals surface area contributed by atoms with E-state index in [4.69, 9.17) is 5.10 Å². The van der Waals surface area contributed by atoms with E-state index in [9.17, 15) is 14.1 Å². The van der Waals surface area contributed by atoms with Crippen LogP contribution in [0.1, 0.15) is 74.4 Å². The van der Waals surface area contributed by atoms with E-state index in [1.165, 1.54) is 24.3 Å². The van der Waals surface area contributed by atoms with Gasteiger partial charge < -0.3 is 10.1 Å². The SMILES string of the molecule is CC1(C)CCCCC(c2cccc(CCC(=O)O)c2)n2ccc(n2)-c2cc(ccc2F)S(=O)c2c(F)cc3[nH]ccc3c2Cn2cc1nn2. The van der Waals surface area contributed by atoms with Crippen molar-refractivity contribution in [2.75, 3.05) is 0 Å². The molecule has 1 aliphatic rings. The summed E-state index contributed by atoms with van der Waals surface area (Å²) < 4.78 is 49.1. The van der Waals surface area contributed by atoms with E-state index >= 15 is 8.78 Å². The standard InChI is InChI=1S/C37H36F2N6O3S/c1-37(2)15-4-3-8-33(24-7-5-6-23(18-24)9-12-35(46)47)45-17-14-31(42-45)27-19-25(10-11-29(27)38)49(48)36-28(21-44-22-34(37)41-43-44)26-13-16-40-32(26)20-30(36)39/h5-7,10-11,13-14,16-20,22,33,40H,3-4,8-9,12,15,21H2,1-2H3,(H,46,47). The molecule has 4 heterocycles. The lowest BCUT2D eigenvalue weighted by atomic mass is 9.83. The Balaban J connectivity index is 1.35. The van der Waals surface area contributed by atoms with Gasteiger partial charge in [-0.1, -0.05) is 56.2 Å². The third kappa shape index (κ3) is 6.57. The number of hydrogen-bond acceptors (Lipinski definition) is 5. The fourth-order valence-electron chi connectivity index (χ4n) is 6.71. The van der Waals surface area contributed by atoms with Crippen LogP contribution in [-0.2, 0) is 34.0 Å². The maximum atomic E-state index is 15.9. The topological polar surface area (TPSA) is 119 Å². The zero-order valence-electron chi connectivity index (χ0n) is 27.2. The normalized spacial score (nSPS) is 18.0. The quantitative estimate of drug-likeness (QED) is 0.198. The van der Waals surface area contributed by atoms with Gasteiger partial charge in [0.25, 0.3) is 0 Å². The predicted molar refractivity (Wildman–Crippen MR) is 182 cm³/mol. The number of aliphatic carboxylic acids is 1. The number of hydrogen-bond donors (Lipinski definition) is 2. The Morgan fingerprint density at radius 3 is 2.78 bits per heavy atom. The van der Waals surface area contributed by atoms with E-state index in [0.29, 0.717) is 28.6 Å². The Kier molecular flexibility index (Phi) is 8.74. The van der Waals surface area contributed by atoms with Crippen molar-refractivity contribution < 1.29 is 22.9 Å². The molecule has 0 fully saturated rings. The summed E-state index contributed by atoms with van der Waals surface area (Å²) in [4.78, 5) is 14.5. The van der Waals surface area contributed by atoms with E-state index in [1.807, 2.05) is 47.4 Å². The van der Waals surface area contributed by atoms with Gasteiger partial charge in [-0.25, -0.2) is 17.7 Å². The molecular formula is C37H36F2N6O3S. The summed E-state index contributed by atoms with van der Waals surface area (Å²) >= 11 is 0. The van der Waals surface area contributed by atoms with Crippen molar-refractivity contribution in [3.63, 3.8) is 0 Å². The first-order valence-electron chi connectivity index (χ1n) is 16.3. The van der Waals surface area contributed by atoms with E-state index in [1.54, 1.807) is 16.9 Å². The lowest BCUT2D eigenvalue weighted by molar-refractivity contribution is -0.136. The molecule has 0 saturated carbocycles. The summed E-state index contributed by atoms with van der Waals surface area (Å²) in [6.07, 6.45) is 9.14. The Bertz CT molecular complexity index is 2200. The van der Waals surface area contributed by atoms with Crippen LogP contribution in [0.4, 0.5) is 8.78 Å². The monoisotopic (exact) mass is 682 g/mol. The average Bonchev–Trinajstić information content (AvgIpc) is 3.86. The number of nitrogens with one attached hydrogen (secondary N) is 1. The van der Waals surface area contributed by atoms with E-state index in [0.717, 1.165) is 42.5 Å². The van der Waals surface area contributed by atoms with Crippen molar-refractivity contribution in [2.45, 2.75) is 80.2 Å². The number of aryl methyl sites for hydroxylation is 1. The number of carboxylic acids is 1. The van der Waals surface area contributed by atoms with Crippen molar-refractivity contribution in [2.24, 2.45) is 0 Å². The maximum Gasteiger partial charge on any atom is 0.303 e. The van der Waals surface area contributed by atoms with Crippen molar-refractivity contribution in [3.8, 4) is 11.3 Å². The molecule has 0 amide bonds. The highest BCUT2D eigenvalue weighted by Crippen LogP contribution is 2.35. The number of H-pyrrole nitrogens is 1. The predicted octanol–water partition coefficient (Wildman–Crippen LogP) is 7.57. The number of fused-ring (bicyclic) bond motifs is 10. The highest BCUT2D eigenvalue weighted by atomic mass is 32.2. The molecule has 0 saturated heterocycles. The van der Waals surface area contributed by atoms with Crippen LogP contribution in [0.3, 0.4) is 0 Å².